The van der Waals surface area contributed by atoms with Crippen molar-refractivity contribution in [2.24, 2.45) is 7.05 Å². The van der Waals surface area contributed by atoms with Crippen LogP contribution in [0.3, 0.4) is 0 Å². The third-order valence-corrected chi connectivity index (χ3v) is 1.53. The highest BCUT2D eigenvalue weighted by Gasteiger charge is 2.04. The molecule has 2 heterocycles. The van der Waals surface area contributed by atoms with E-state index in [1.807, 2.05) is 29.9 Å². The number of rotatable bonds is 1. The molecule has 0 bridgehead atoms. The number of aryl methyl sites for hydroxylation is 1. The highest BCUT2D eigenvalue weighted by atomic mass is 16.5. The molecule has 2 rings (SSSR count). The van der Waals surface area contributed by atoms with Gasteiger partial charge in [0.05, 0.1) is 5.69 Å². The van der Waals surface area contributed by atoms with Crippen molar-refractivity contribution >= 4 is 0 Å². The molecular weight excluding hydrogens is 142 g/mol. The molecule has 56 valence electrons. The Morgan fingerprint density at radius 3 is 3.00 bits per heavy atom. The molecule has 0 aliphatic carbocycles. The van der Waals surface area contributed by atoms with Crippen molar-refractivity contribution in [1.29, 1.82) is 0 Å². The largest absolute Gasteiger partial charge is 0.348 e. The van der Waals surface area contributed by atoms with Gasteiger partial charge in [0.15, 0.2) is 0 Å². The van der Waals surface area contributed by atoms with E-state index < -0.39 is 0 Å². The SMILES string of the molecule is Cn1cccc1-c1ncon1. The first-order chi connectivity index (χ1) is 5.38. The van der Waals surface area contributed by atoms with Crippen LogP contribution in [0.2, 0.25) is 0 Å². The quantitative estimate of drug-likeness (QED) is 0.609. The van der Waals surface area contributed by atoms with Gasteiger partial charge in [0.1, 0.15) is 0 Å². The molecule has 0 spiro atoms. The third kappa shape index (κ3) is 0.920. The predicted molar refractivity (Wildman–Crippen MR) is 38.7 cm³/mol. The summed E-state index contributed by atoms with van der Waals surface area (Å²) in [5, 5.41) is 3.71. The summed E-state index contributed by atoms with van der Waals surface area (Å²) in [5.41, 5.74) is 0.957. The number of aromatic nitrogens is 3. The summed E-state index contributed by atoms with van der Waals surface area (Å²) in [6, 6.07) is 3.87. The van der Waals surface area contributed by atoms with E-state index in [1.165, 1.54) is 6.39 Å². The fraction of sp³-hybridized carbons (Fsp3) is 0.143. The van der Waals surface area contributed by atoms with Crippen molar-refractivity contribution in [2.45, 2.75) is 0 Å². The molecular formula is C7H7N3O. The second-order valence-corrected chi connectivity index (χ2v) is 2.26. The Morgan fingerprint density at radius 1 is 1.55 bits per heavy atom. The van der Waals surface area contributed by atoms with Gasteiger partial charge in [0.25, 0.3) is 0 Å². The van der Waals surface area contributed by atoms with E-state index >= 15 is 0 Å². The predicted octanol–water partition coefficient (Wildman–Crippen LogP) is 1.08. The first kappa shape index (κ1) is 6.15. The zero-order valence-corrected chi connectivity index (χ0v) is 6.06. The van der Waals surface area contributed by atoms with Crippen molar-refractivity contribution in [3.63, 3.8) is 0 Å². The van der Waals surface area contributed by atoms with E-state index in [4.69, 9.17) is 0 Å². The van der Waals surface area contributed by atoms with Crippen LogP contribution in [-0.4, -0.2) is 14.7 Å². The first-order valence-corrected chi connectivity index (χ1v) is 3.26. The zero-order chi connectivity index (χ0) is 7.68. The van der Waals surface area contributed by atoms with E-state index in [0.717, 1.165) is 5.69 Å². The van der Waals surface area contributed by atoms with Crippen LogP contribution < -0.4 is 0 Å². The minimum atomic E-state index is 0.623. The molecule has 0 amide bonds. The summed E-state index contributed by atoms with van der Waals surface area (Å²) in [7, 11) is 1.94. The van der Waals surface area contributed by atoms with Gasteiger partial charge in [-0.05, 0) is 12.1 Å². The first-order valence-electron chi connectivity index (χ1n) is 3.26. The van der Waals surface area contributed by atoms with Gasteiger partial charge in [-0.3, -0.25) is 0 Å². The summed E-state index contributed by atoms with van der Waals surface area (Å²) in [4.78, 5) is 3.92. The van der Waals surface area contributed by atoms with Crippen LogP contribution in [0.1, 0.15) is 0 Å². The maximum absolute atomic E-state index is 4.62. The van der Waals surface area contributed by atoms with Gasteiger partial charge in [-0.1, -0.05) is 5.16 Å². The second kappa shape index (κ2) is 2.23. The van der Waals surface area contributed by atoms with E-state index in [-0.39, 0.29) is 0 Å². The standard InChI is InChI=1S/C7H7N3O/c1-10-4-2-3-6(10)7-8-5-11-9-7/h2-5H,1H3. The van der Waals surface area contributed by atoms with Crippen molar-refractivity contribution in [3.05, 3.63) is 24.7 Å². The smallest absolute Gasteiger partial charge is 0.218 e. The molecule has 2 aromatic rings. The summed E-state index contributed by atoms with van der Waals surface area (Å²) in [6.07, 6.45) is 3.26. The van der Waals surface area contributed by atoms with Gasteiger partial charge in [-0.15, -0.1) is 0 Å². The average Bonchev–Trinajstić information content (AvgIpc) is 2.55. The molecule has 2 aromatic heterocycles. The molecule has 0 unspecified atom stereocenters. The Hall–Kier alpha value is -1.58. The maximum atomic E-state index is 4.62. The average molecular weight is 149 g/mol. The van der Waals surface area contributed by atoms with E-state index in [1.54, 1.807) is 0 Å². The van der Waals surface area contributed by atoms with E-state index in [2.05, 4.69) is 14.7 Å². The topological polar surface area (TPSA) is 43.9 Å². The molecule has 0 saturated carbocycles. The minimum Gasteiger partial charge on any atom is -0.348 e. The van der Waals surface area contributed by atoms with Crippen molar-refractivity contribution in [1.82, 2.24) is 14.7 Å². The molecule has 0 aromatic carbocycles. The highest BCUT2D eigenvalue weighted by Crippen LogP contribution is 2.12. The lowest BCUT2D eigenvalue weighted by molar-refractivity contribution is 0.418. The van der Waals surface area contributed by atoms with Crippen molar-refractivity contribution in [3.8, 4) is 11.5 Å². The third-order valence-electron chi connectivity index (χ3n) is 1.53. The van der Waals surface area contributed by atoms with Crippen LogP contribution >= 0.6 is 0 Å². The van der Waals surface area contributed by atoms with Crippen LogP contribution in [0.4, 0.5) is 0 Å². The van der Waals surface area contributed by atoms with E-state index in [0.29, 0.717) is 5.82 Å². The lowest BCUT2D eigenvalue weighted by Crippen LogP contribution is -1.89. The summed E-state index contributed by atoms with van der Waals surface area (Å²) < 4.78 is 6.55. The molecule has 0 saturated heterocycles. The Kier molecular flexibility index (Phi) is 1.25. The number of hydrogen-bond acceptors (Lipinski definition) is 3. The van der Waals surface area contributed by atoms with E-state index in [9.17, 15) is 0 Å². The molecule has 0 radical (unpaired) electrons. The summed E-state index contributed by atoms with van der Waals surface area (Å²) >= 11 is 0. The maximum Gasteiger partial charge on any atom is 0.218 e. The lowest BCUT2D eigenvalue weighted by Gasteiger charge is -1.94. The van der Waals surface area contributed by atoms with Gasteiger partial charge in [0.2, 0.25) is 12.2 Å². The Labute approximate surface area is 63.5 Å². The van der Waals surface area contributed by atoms with Gasteiger partial charge < -0.3 is 9.09 Å². The Balaban J connectivity index is 2.53. The fourth-order valence-electron chi connectivity index (χ4n) is 0.977. The molecule has 4 nitrogen and oxygen atoms in total. The summed E-state index contributed by atoms with van der Waals surface area (Å²) in [5.74, 6) is 0.623. The van der Waals surface area contributed by atoms with Crippen LogP contribution in [0.5, 0.6) is 0 Å². The van der Waals surface area contributed by atoms with Crippen LogP contribution in [0.25, 0.3) is 11.5 Å². The second-order valence-electron chi connectivity index (χ2n) is 2.26. The molecule has 0 fully saturated rings. The summed E-state index contributed by atoms with van der Waals surface area (Å²) in [6.45, 7) is 0. The lowest BCUT2D eigenvalue weighted by atomic mass is 10.4. The van der Waals surface area contributed by atoms with Crippen molar-refractivity contribution in [2.75, 3.05) is 0 Å². The monoisotopic (exact) mass is 149 g/mol. The molecule has 4 heteroatoms. The molecule has 0 N–H and O–H groups in total. The van der Waals surface area contributed by atoms with Crippen molar-refractivity contribution < 1.29 is 4.52 Å². The minimum absolute atomic E-state index is 0.623. The Bertz CT molecular complexity index is 336. The number of nitrogens with zero attached hydrogens (tertiary/aromatic N) is 3. The Morgan fingerprint density at radius 2 is 2.45 bits per heavy atom. The van der Waals surface area contributed by atoms with Gasteiger partial charge in [-0.2, -0.15) is 4.98 Å². The van der Waals surface area contributed by atoms with Gasteiger partial charge >= 0.3 is 0 Å². The normalized spacial score (nSPS) is 10.3. The van der Waals surface area contributed by atoms with Crippen LogP contribution in [0.15, 0.2) is 29.2 Å². The fourth-order valence-corrected chi connectivity index (χ4v) is 0.977. The molecule has 11 heavy (non-hydrogen) atoms. The number of hydrogen-bond donors (Lipinski definition) is 0. The molecule has 0 aliphatic heterocycles. The van der Waals surface area contributed by atoms with Gasteiger partial charge in [-0.25, -0.2) is 0 Å². The van der Waals surface area contributed by atoms with Crippen LogP contribution in [-0.2, 0) is 7.05 Å². The van der Waals surface area contributed by atoms with Crippen LogP contribution in [0, 0.1) is 0 Å². The molecule has 0 atom stereocenters. The zero-order valence-electron chi connectivity index (χ0n) is 6.06. The highest BCUT2D eigenvalue weighted by molar-refractivity contribution is 5.48. The molecule has 0 aliphatic rings. The van der Waals surface area contributed by atoms with Gasteiger partial charge in [0, 0.05) is 13.2 Å².